The van der Waals surface area contributed by atoms with Gasteiger partial charge in [-0.25, -0.2) is 0 Å². The first-order valence-corrected chi connectivity index (χ1v) is 13.4. The van der Waals surface area contributed by atoms with Gasteiger partial charge in [0.05, 0.1) is 25.9 Å². The molecule has 12 N–H and O–H groups in total. The Morgan fingerprint density at radius 3 is 1.69 bits per heavy atom. The highest BCUT2D eigenvalue weighted by atomic mass is 16.8. The highest BCUT2D eigenvalue weighted by Gasteiger charge is 2.53. The molecular weight excluding hydrogens is 580 g/mol. The zero-order valence-electron chi connectivity index (χ0n) is 22.3. The van der Waals surface area contributed by atoms with Crippen LogP contribution in [0.15, 0.2) is 0 Å². The van der Waals surface area contributed by atoms with Gasteiger partial charge in [0.25, 0.3) is 0 Å². The maximum atomic E-state index is 10.7. The van der Waals surface area contributed by atoms with E-state index < -0.39 is 137 Å². The van der Waals surface area contributed by atoms with Gasteiger partial charge in [-0.3, -0.25) is 0 Å². The number of hydrogen-bond acceptors (Lipinski definition) is 19. The van der Waals surface area contributed by atoms with Gasteiger partial charge in [-0.15, -0.1) is 0 Å². The lowest BCUT2D eigenvalue weighted by atomic mass is 9.96. The first kappa shape index (κ1) is 34.1. The summed E-state index contributed by atoms with van der Waals surface area (Å²) in [5.74, 6) is 0. The lowest BCUT2D eigenvalue weighted by Crippen LogP contribution is -2.66. The molecule has 4 saturated heterocycles. The highest BCUT2D eigenvalue weighted by molar-refractivity contribution is 4.95. The molecule has 0 spiro atoms. The summed E-state index contributed by atoms with van der Waals surface area (Å²) in [5, 5.41) is 122. The molecule has 0 bridgehead atoms. The molecule has 0 aromatic carbocycles. The van der Waals surface area contributed by atoms with Gasteiger partial charge in [0.2, 0.25) is 0 Å². The summed E-state index contributed by atoms with van der Waals surface area (Å²) < 4.78 is 37.8. The third-order valence-corrected chi connectivity index (χ3v) is 7.79. The first-order chi connectivity index (χ1) is 19.8. The maximum absolute atomic E-state index is 10.7. The average Bonchev–Trinajstić information content (AvgIpc) is 2.97. The zero-order chi connectivity index (χ0) is 31.0. The van der Waals surface area contributed by atoms with Crippen LogP contribution in [0.3, 0.4) is 0 Å². The third kappa shape index (κ3) is 6.74. The van der Waals surface area contributed by atoms with Crippen molar-refractivity contribution in [1.29, 1.82) is 0 Å². The second-order valence-corrected chi connectivity index (χ2v) is 10.7. The Labute approximate surface area is 238 Å². The summed E-state index contributed by atoms with van der Waals surface area (Å²) in [7, 11) is 0. The van der Waals surface area contributed by atoms with E-state index in [9.17, 15) is 61.3 Å². The standard InChI is InChI=1S/C23H40O19/c1-5-18(12(29)14(31)20(35)37-5)41-21-15(32)10(27)8(4-36-21)40-22-17(34)13(30)19(7(3-25)39-22)42-23-16(33)11(28)9(26)6(2-24)38-23/h5-35H,2-4H2,1H3/t5-,6+,7-,8+,9-,10-,11+,12-,13-,14+,15-,16-,17-,18-,19-,20-,21-,22+,23-/m0/s1. The van der Waals surface area contributed by atoms with E-state index in [0.717, 1.165) is 0 Å². The van der Waals surface area contributed by atoms with Crippen molar-refractivity contribution in [2.75, 3.05) is 19.8 Å². The van der Waals surface area contributed by atoms with Gasteiger partial charge in [0, 0.05) is 0 Å². The van der Waals surface area contributed by atoms with Crippen molar-refractivity contribution in [3.05, 3.63) is 0 Å². The fourth-order valence-electron chi connectivity index (χ4n) is 5.21. The minimum Gasteiger partial charge on any atom is -0.394 e. The van der Waals surface area contributed by atoms with Crippen LogP contribution < -0.4 is 0 Å². The molecule has 0 aromatic heterocycles. The fraction of sp³-hybridized carbons (Fsp3) is 1.00. The molecule has 4 heterocycles. The van der Waals surface area contributed by atoms with Gasteiger partial charge < -0.3 is 94.4 Å². The average molecular weight is 621 g/mol. The topological polar surface area (TPSA) is 307 Å². The molecule has 4 aliphatic rings. The van der Waals surface area contributed by atoms with Gasteiger partial charge >= 0.3 is 0 Å². The van der Waals surface area contributed by atoms with Gasteiger partial charge in [-0.05, 0) is 6.92 Å². The van der Waals surface area contributed by atoms with E-state index >= 15 is 0 Å². The van der Waals surface area contributed by atoms with Crippen LogP contribution in [-0.2, 0) is 33.2 Å². The molecule has 19 nitrogen and oxygen atoms in total. The lowest BCUT2D eigenvalue weighted by molar-refractivity contribution is -0.377. The van der Waals surface area contributed by atoms with E-state index in [2.05, 4.69) is 0 Å². The third-order valence-electron chi connectivity index (χ3n) is 7.79. The highest BCUT2D eigenvalue weighted by Crippen LogP contribution is 2.32. The fourth-order valence-corrected chi connectivity index (χ4v) is 5.21. The van der Waals surface area contributed by atoms with Crippen LogP contribution in [0, 0.1) is 0 Å². The molecule has 0 aliphatic carbocycles. The number of aliphatic hydroxyl groups excluding tert-OH is 12. The summed E-state index contributed by atoms with van der Waals surface area (Å²) in [6.45, 7) is -0.610. The zero-order valence-corrected chi connectivity index (χ0v) is 22.3. The van der Waals surface area contributed by atoms with E-state index in [1.165, 1.54) is 6.92 Å². The lowest BCUT2D eigenvalue weighted by Gasteiger charge is -2.47. The quantitative estimate of drug-likeness (QED) is 0.120. The van der Waals surface area contributed by atoms with Crippen molar-refractivity contribution in [3.8, 4) is 0 Å². The van der Waals surface area contributed by atoms with Crippen molar-refractivity contribution in [1.82, 2.24) is 0 Å². The molecule has 4 rings (SSSR count). The molecule has 42 heavy (non-hydrogen) atoms. The molecule has 0 unspecified atom stereocenters. The maximum Gasteiger partial charge on any atom is 0.187 e. The number of hydrogen-bond donors (Lipinski definition) is 12. The molecule has 19 atom stereocenters. The molecular formula is C23H40O19. The molecule has 4 fully saturated rings. The summed E-state index contributed by atoms with van der Waals surface area (Å²) in [6.07, 6.45) is -30.5. The van der Waals surface area contributed by atoms with Crippen LogP contribution in [-0.4, -0.2) is 198 Å². The summed E-state index contributed by atoms with van der Waals surface area (Å²) in [4.78, 5) is 0. The molecule has 19 heteroatoms. The SMILES string of the molecule is C[C@@H]1O[C@H](O)[C@H](O)[C@H](O)[C@H]1O[C@@H]1OC[C@@H](O[C@H]2O[C@@H](CO)[C@H](O[C@@H]3O[C@H](CO)[C@H](O)[C@@H](O)[C@@H]3O)[C@@H](O)[C@@H]2O)[C@H](O)[C@@H]1O. The number of rotatable bonds is 8. The Balaban J connectivity index is 1.36. The normalized spacial score (nSPS) is 54.1. The van der Waals surface area contributed by atoms with Gasteiger partial charge in [-0.1, -0.05) is 0 Å². The summed E-state index contributed by atoms with van der Waals surface area (Å²) in [5.41, 5.74) is 0. The van der Waals surface area contributed by atoms with Crippen LogP contribution in [0.25, 0.3) is 0 Å². The number of ether oxygens (including phenoxy) is 7. The Kier molecular flexibility index (Phi) is 11.5. The van der Waals surface area contributed by atoms with Gasteiger partial charge in [0.1, 0.15) is 85.5 Å². The van der Waals surface area contributed by atoms with Crippen LogP contribution in [0.5, 0.6) is 0 Å². The second-order valence-electron chi connectivity index (χ2n) is 10.7. The van der Waals surface area contributed by atoms with E-state index in [1.807, 2.05) is 0 Å². The minimum atomic E-state index is -1.90. The van der Waals surface area contributed by atoms with Crippen molar-refractivity contribution >= 4 is 0 Å². The largest absolute Gasteiger partial charge is 0.394 e. The van der Waals surface area contributed by atoms with Gasteiger partial charge in [-0.2, -0.15) is 0 Å². The number of aliphatic hydroxyl groups is 12. The summed E-state index contributed by atoms with van der Waals surface area (Å²) >= 11 is 0. The van der Waals surface area contributed by atoms with Gasteiger partial charge in [0.15, 0.2) is 25.2 Å². The predicted octanol–water partition coefficient (Wildman–Crippen LogP) is -8.08. The van der Waals surface area contributed by atoms with E-state index in [1.54, 1.807) is 0 Å². The van der Waals surface area contributed by atoms with Crippen LogP contribution in [0.1, 0.15) is 6.92 Å². The van der Waals surface area contributed by atoms with E-state index in [-0.39, 0.29) is 0 Å². The van der Waals surface area contributed by atoms with Crippen LogP contribution >= 0.6 is 0 Å². The molecule has 0 radical (unpaired) electrons. The molecule has 246 valence electrons. The monoisotopic (exact) mass is 620 g/mol. The molecule has 4 aliphatic heterocycles. The van der Waals surface area contributed by atoms with Crippen molar-refractivity contribution in [2.24, 2.45) is 0 Å². The van der Waals surface area contributed by atoms with Crippen molar-refractivity contribution in [3.63, 3.8) is 0 Å². The Morgan fingerprint density at radius 1 is 0.524 bits per heavy atom. The molecule has 0 amide bonds. The smallest absolute Gasteiger partial charge is 0.187 e. The van der Waals surface area contributed by atoms with Crippen molar-refractivity contribution in [2.45, 2.75) is 124 Å². The Morgan fingerprint density at radius 2 is 1.05 bits per heavy atom. The first-order valence-electron chi connectivity index (χ1n) is 13.4. The molecule has 0 aromatic rings. The van der Waals surface area contributed by atoms with Crippen LogP contribution in [0.2, 0.25) is 0 Å². The molecule has 0 saturated carbocycles. The van der Waals surface area contributed by atoms with Crippen molar-refractivity contribution < 1.29 is 94.4 Å². The predicted molar refractivity (Wildman–Crippen MR) is 126 cm³/mol. The Bertz CT molecular complexity index is 851. The van der Waals surface area contributed by atoms with E-state index in [4.69, 9.17) is 33.2 Å². The minimum absolute atomic E-state index is 0.469. The second kappa shape index (κ2) is 14.1. The van der Waals surface area contributed by atoms with E-state index in [0.29, 0.717) is 0 Å². The Hall–Kier alpha value is -0.760. The van der Waals surface area contributed by atoms with Crippen LogP contribution in [0.4, 0.5) is 0 Å². The summed E-state index contributed by atoms with van der Waals surface area (Å²) in [6, 6.07) is 0.